The first-order valence-corrected chi connectivity index (χ1v) is 11.1. The van der Waals surface area contributed by atoms with Crippen molar-refractivity contribution >= 4 is 6.16 Å². The minimum Gasteiger partial charge on any atom is -0.450 e. The molecule has 0 aromatic heterocycles. The topological polar surface area (TPSA) is 46.5 Å². The SMILES string of the molecule is CC(C)OC(=O)O.CCCC1CCC(c2ccc(C3CC=CCC3)cc2)CC1. The number of allylic oxidation sites excluding steroid dienone is 2. The van der Waals surface area contributed by atoms with Crippen LogP contribution in [0.5, 0.6) is 0 Å². The first kappa shape index (κ1) is 22.5. The molecule has 3 nitrogen and oxygen atoms in total. The third-order valence-electron chi connectivity index (χ3n) is 6.03. The third kappa shape index (κ3) is 7.69. The molecular formula is C25H38O3. The van der Waals surface area contributed by atoms with Crippen LogP contribution in [0, 0.1) is 5.92 Å². The van der Waals surface area contributed by atoms with Gasteiger partial charge in [0.15, 0.2) is 0 Å². The highest BCUT2D eigenvalue weighted by Gasteiger charge is 2.22. The maximum Gasteiger partial charge on any atom is 0.506 e. The largest absolute Gasteiger partial charge is 0.506 e. The van der Waals surface area contributed by atoms with E-state index in [1.165, 1.54) is 57.8 Å². The van der Waals surface area contributed by atoms with Crippen molar-refractivity contribution in [2.24, 2.45) is 5.92 Å². The Balaban J connectivity index is 0.000000345. The molecule has 1 unspecified atom stereocenters. The fraction of sp³-hybridized carbons (Fsp3) is 0.640. The predicted molar refractivity (Wildman–Crippen MR) is 116 cm³/mol. The van der Waals surface area contributed by atoms with E-state index in [4.69, 9.17) is 5.11 Å². The third-order valence-corrected chi connectivity index (χ3v) is 6.03. The van der Waals surface area contributed by atoms with Crippen LogP contribution in [0.15, 0.2) is 36.4 Å². The Labute approximate surface area is 171 Å². The highest BCUT2D eigenvalue weighted by atomic mass is 16.7. The molecule has 0 radical (unpaired) electrons. The van der Waals surface area contributed by atoms with E-state index in [0.29, 0.717) is 0 Å². The molecule has 2 aliphatic carbocycles. The van der Waals surface area contributed by atoms with Gasteiger partial charge in [-0.2, -0.15) is 0 Å². The maximum absolute atomic E-state index is 9.59. The number of benzene rings is 1. The molecule has 0 aliphatic heterocycles. The monoisotopic (exact) mass is 386 g/mol. The van der Waals surface area contributed by atoms with E-state index in [-0.39, 0.29) is 6.10 Å². The van der Waals surface area contributed by atoms with Crippen LogP contribution in [-0.4, -0.2) is 17.4 Å². The van der Waals surface area contributed by atoms with Crippen molar-refractivity contribution in [1.82, 2.24) is 0 Å². The lowest BCUT2D eigenvalue weighted by molar-refractivity contribution is 0.0660. The molecule has 28 heavy (non-hydrogen) atoms. The first-order valence-electron chi connectivity index (χ1n) is 11.1. The van der Waals surface area contributed by atoms with Crippen LogP contribution in [-0.2, 0) is 4.74 Å². The summed E-state index contributed by atoms with van der Waals surface area (Å²) in [5.74, 6) is 2.61. The molecule has 1 aromatic carbocycles. The highest BCUT2D eigenvalue weighted by Crippen LogP contribution is 2.38. The normalized spacial score (nSPS) is 24.4. The zero-order valence-corrected chi connectivity index (χ0v) is 17.9. The van der Waals surface area contributed by atoms with Crippen LogP contribution in [0.4, 0.5) is 4.79 Å². The number of rotatable bonds is 5. The second-order valence-electron chi connectivity index (χ2n) is 8.59. The van der Waals surface area contributed by atoms with Gasteiger partial charge in [-0.05, 0) is 87.7 Å². The molecule has 3 heteroatoms. The van der Waals surface area contributed by atoms with Gasteiger partial charge in [-0.3, -0.25) is 0 Å². The summed E-state index contributed by atoms with van der Waals surface area (Å²) in [5, 5.41) is 7.86. The molecule has 0 spiro atoms. The Morgan fingerprint density at radius 3 is 2.04 bits per heavy atom. The second kappa shape index (κ2) is 11.9. The van der Waals surface area contributed by atoms with Gasteiger partial charge in [-0.25, -0.2) is 4.79 Å². The molecule has 3 rings (SSSR count). The quantitative estimate of drug-likeness (QED) is 0.417. The summed E-state index contributed by atoms with van der Waals surface area (Å²) in [5.41, 5.74) is 3.16. The Hall–Kier alpha value is -1.77. The number of hydrogen-bond acceptors (Lipinski definition) is 2. The van der Waals surface area contributed by atoms with Crippen molar-refractivity contribution < 1.29 is 14.6 Å². The van der Waals surface area contributed by atoms with Crippen LogP contribution in [0.2, 0.25) is 0 Å². The smallest absolute Gasteiger partial charge is 0.450 e. The van der Waals surface area contributed by atoms with Crippen LogP contribution in [0.3, 0.4) is 0 Å². The summed E-state index contributed by atoms with van der Waals surface area (Å²) >= 11 is 0. The second-order valence-corrected chi connectivity index (χ2v) is 8.59. The fourth-order valence-electron chi connectivity index (χ4n) is 4.53. The van der Waals surface area contributed by atoms with Crippen molar-refractivity contribution in [3.8, 4) is 0 Å². The van der Waals surface area contributed by atoms with Crippen LogP contribution < -0.4 is 0 Å². The molecule has 1 saturated carbocycles. The standard InChI is InChI=1S/C21H30.C4H8O3/c1-2-6-17-9-11-19(12-10-17)21-15-13-20(14-16-21)18-7-4-3-5-8-18;1-3(2)7-4(5)6/h3-4,13-19H,2,5-12H2,1H3;3H,1-2H3,(H,5,6). The summed E-state index contributed by atoms with van der Waals surface area (Å²) < 4.78 is 4.17. The number of ether oxygens (including phenoxy) is 1. The van der Waals surface area contributed by atoms with Gasteiger partial charge in [0.1, 0.15) is 0 Å². The summed E-state index contributed by atoms with van der Waals surface area (Å²) in [6, 6.07) is 9.69. The fourth-order valence-corrected chi connectivity index (χ4v) is 4.53. The highest BCUT2D eigenvalue weighted by molar-refractivity contribution is 5.56. The van der Waals surface area contributed by atoms with E-state index in [1.807, 2.05) is 0 Å². The van der Waals surface area contributed by atoms with Gasteiger partial charge in [0.25, 0.3) is 0 Å². The Morgan fingerprint density at radius 2 is 1.61 bits per heavy atom. The molecule has 0 heterocycles. The van der Waals surface area contributed by atoms with Crippen molar-refractivity contribution in [2.75, 3.05) is 0 Å². The van der Waals surface area contributed by atoms with Crippen LogP contribution >= 0.6 is 0 Å². The van der Waals surface area contributed by atoms with Gasteiger partial charge in [0.05, 0.1) is 6.10 Å². The summed E-state index contributed by atoms with van der Waals surface area (Å²) in [4.78, 5) is 9.59. The van der Waals surface area contributed by atoms with Crippen molar-refractivity contribution in [1.29, 1.82) is 0 Å². The average Bonchev–Trinajstić information content (AvgIpc) is 2.69. The molecule has 0 bridgehead atoms. The molecule has 1 atom stereocenters. The Morgan fingerprint density at radius 1 is 1.00 bits per heavy atom. The summed E-state index contributed by atoms with van der Waals surface area (Å²) in [7, 11) is 0. The van der Waals surface area contributed by atoms with E-state index in [1.54, 1.807) is 25.0 Å². The minimum atomic E-state index is -1.21. The van der Waals surface area contributed by atoms with E-state index in [2.05, 4.69) is 48.1 Å². The van der Waals surface area contributed by atoms with E-state index < -0.39 is 6.16 Å². The Kier molecular flexibility index (Phi) is 9.60. The predicted octanol–water partition coefficient (Wildman–Crippen LogP) is 7.67. The summed E-state index contributed by atoms with van der Waals surface area (Å²) in [6.07, 6.45) is 15.6. The van der Waals surface area contributed by atoms with Crippen LogP contribution in [0.25, 0.3) is 0 Å². The molecule has 2 aliphatic rings. The lowest BCUT2D eigenvalue weighted by Gasteiger charge is -2.29. The van der Waals surface area contributed by atoms with Gasteiger partial charge in [-0.15, -0.1) is 0 Å². The molecule has 156 valence electrons. The van der Waals surface area contributed by atoms with Crippen molar-refractivity contribution in [3.63, 3.8) is 0 Å². The molecular weight excluding hydrogens is 348 g/mol. The lowest BCUT2D eigenvalue weighted by Crippen LogP contribution is -2.13. The lowest BCUT2D eigenvalue weighted by atomic mass is 9.77. The van der Waals surface area contributed by atoms with E-state index in [0.717, 1.165) is 17.8 Å². The number of carbonyl (C=O) groups is 1. The van der Waals surface area contributed by atoms with Gasteiger partial charge < -0.3 is 9.84 Å². The average molecular weight is 387 g/mol. The minimum absolute atomic E-state index is 0.225. The van der Waals surface area contributed by atoms with E-state index >= 15 is 0 Å². The zero-order chi connectivity index (χ0) is 20.4. The molecule has 0 amide bonds. The van der Waals surface area contributed by atoms with Gasteiger partial charge in [-0.1, -0.05) is 56.2 Å². The van der Waals surface area contributed by atoms with Crippen molar-refractivity contribution in [3.05, 3.63) is 47.5 Å². The number of hydrogen-bond donors (Lipinski definition) is 1. The first-order chi connectivity index (χ1) is 13.5. The van der Waals surface area contributed by atoms with E-state index in [9.17, 15) is 4.79 Å². The Bertz CT molecular complexity index is 595. The molecule has 1 fully saturated rings. The van der Waals surface area contributed by atoms with Crippen molar-refractivity contribution in [2.45, 2.75) is 96.5 Å². The van der Waals surface area contributed by atoms with Crippen LogP contribution in [0.1, 0.15) is 102 Å². The van der Waals surface area contributed by atoms with Gasteiger partial charge >= 0.3 is 6.16 Å². The zero-order valence-electron chi connectivity index (χ0n) is 17.9. The number of carboxylic acid groups (broad SMARTS) is 1. The molecule has 1 N–H and O–H groups in total. The molecule has 1 aromatic rings. The summed E-state index contributed by atoms with van der Waals surface area (Å²) in [6.45, 7) is 5.65. The molecule has 0 saturated heterocycles. The van der Waals surface area contributed by atoms with Gasteiger partial charge in [0, 0.05) is 0 Å². The van der Waals surface area contributed by atoms with Gasteiger partial charge in [0.2, 0.25) is 0 Å². The maximum atomic E-state index is 9.59.